The first-order valence-corrected chi connectivity index (χ1v) is 19.4. The number of hydrogen-bond acceptors (Lipinski definition) is 1. The molecular weight excluding hydrogens is 675 g/mol. The van der Waals surface area contributed by atoms with Gasteiger partial charge in [-0.15, -0.1) is 0 Å². The molecule has 0 saturated heterocycles. The maximum Gasteiger partial charge on any atom is 0.0725 e. The second-order valence-corrected chi connectivity index (χ2v) is 14.8. The molecule has 0 heterocycles. The van der Waals surface area contributed by atoms with Crippen LogP contribution in [0.1, 0.15) is 22.3 Å². The molecule has 0 amide bonds. The minimum atomic E-state index is -0.333. The van der Waals surface area contributed by atoms with Crippen LogP contribution in [0.25, 0.3) is 55.6 Å². The second kappa shape index (κ2) is 13.0. The summed E-state index contributed by atoms with van der Waals surface area (Å²) in [6.07, 6.45) is 0. The third kappa shape index (κ3) is 4.81. The van der Waals surface area contributed by atoms with Crippen molar-refractivity contribution in [2.45, 2.75) is 5.41 Å². The predicted octanol–water partition coefficient (Wildman–Crippen LogP) is 14.5. The fraction of sp³-hybridized carbons (Fsp3) is 0.0182. The van der Waals surface area contributed by atoms with Crippen LogP contribution in [0.3, 0.4) is 0 Å². The lowest BCUT2D eigenvalue weighted by Crippen LogP contribution is -2.25. The lowest BCUT2D eigenvalue weighted by molar-refractivity contribution is 0.794. The van der Waals surface area contributed by atoms with Gasteiger partial charge in [0.05, 0.1) is 16.8 Å². The Labute approximate surface area is 328 Å². The third-order valence-corrected chi connectivity index (χ3v) is 11.9. The molecule has 0 atom stereocenters. The maximum absolute atomic E-state index is 2.43. The highest BCUT2D eigenvalue weighted by atomic mass is 15.1. The van der Waals surface area contributed by atoms with Crippen molar-refractivity contribution < 1.29 is 0 Å². The van der Waals surface area contributed by atoms with Crippen LogP contribution in [-0.4, -0.2) is 0 Å². The van der Waals surface area contributed by atoms with Gasteiger partial charge in [0.1, 0.15) is 0 Å². The van der Waals surface area contributed by atoms with E-state index in [1.54, 1.807) is 0 Å². The van der Waals surface area contributed by atoms with Crippen molar-refractivity contribution in [2.75, 3.05) is 4.90 Å². The van der Waals surface area contributed by atoms with E-state index in [9.17, 15) is 0 Å². The van der Waals surface area contributed by atoms with Crippen LogP contribution in [0.2, 0.25) is 0 Å². The van der Waals surface area contributed by atoms with Crippen molar-refractivity contribution >= 4 is 17.1 Å². The van der Waals surface area contributed by atoms with Gasteiger partial charge in [0.2, 0.25) is 0 Å². The van der Waals surface area contributed by atoms with Crippen molar-refractivity contribution in [3.63, 3.8) is 0 Å². The molecule has 9 aromatic rings. The van der Waals surface area contributed by atoms with Gasteiger partial charge in [0.15, 0.2) is 0 Å². The smallest absolute Gasteiger partial charge is 0.0725 e. The molecule has 0 N–H and O–H groups in total. The standard InChI is InChI=1S/C55H37N/c1-3-17-39(18-4-1)43-21-10-15-29-53(43)56(54-30-16-11-22-44(54)40-19-5-2-6-20-40)42-34-31-38(32-35-42)41-33-36-52-48(37-41)47-25-9-14-28-51(47)55(52)49-26-12-7-23-45(49)46-24-8-13-27-50(46)55/h1-37H. The number of para-hydroxylation sites is 2. The topological polar surface area (TPSA) is 3.24 Å². The van der Waals surface area contributed by atoms with Crippen LogP contribution in [0.4, 0.5) is 17.1 Å². The summed E-state index contributed by atoms with van der Waals surface area (Å²) in [5.74, 6) is 0. The summed E-state index contributed by atoms with van der Waals surface area (Å²) in [5, 5.41) is 0. The zero-order chi connectivity index (χ0) is 37.1. The summed E-state index contributed by atoms with van der Waals surface area (Å²) in [7, 11) is 0. The molecule has 0 bridgehead atoms. The largest absolute Gasteiger partial charge is 0.309 e. The molecule has 0 radical (unpaired) electrons. The fourth-order valence-electron chi connectivity index (χ4n) is 9.55. The minimum Gasteiger partial charge on any atom is -0.309 e. The first-order chi connectivity index (χ1) is 27.8. The highest BCUT2D eigenvalue weighted by Gasteiger charge is 2.51. The van der Waals surface area contributed by atoms with Gasteiger partial charge in [-0.05, 0) is 97.1 Å². The highest BCUT2D eigenvalue weighted by Crippen LogP contribution is 2.63. The van der Waals surface area contributed by atoms with Crippen LogP contribution < -0.4 is 4.90 Å². The Kier molecular flexibility index (Phi) is 7.47. The lowest BCUT2D eigenvalue weighted by atomic mass is 9.70. The van der Waals surface area contributed by atoms with E-state index in [2.05, 4.69) is 229 Å². The minimum absolute atomic E-state index is 0.333. The molecule has 1 spiro atoms. The monoisotopic (exact) mass is 711 g/mol. The number of rotatable bonds is 6. The van der Waals surface area contributed by atoms with E-state index in [1.807, 2.05) is 0 Å². The van der Waals surface area contributed by atoms with Gasteiger partial charge < -0.3 is 4.90 Å². The van der Waals surface area contributed by atoms with Crippen molar-refractivity contribution in [3.8, 4) is 55.6 Å². The lowest BCUT2D eigenvalue weighted by Gasteiger charge is -2.30. The van der Waals surface area contributed by atoms with Gasteiger partial charge >= 0.3 is 0 Å². The molecule has 2 aliphatic rings. The molecule has 0 fully saturated rings. The van der Waals surface area contributed by atoms with Crippen molar-refractivity contribution in [3.05, 3.63) is 247 Å². The summed E-state index contributed by atoms with van der Waals surface area (Å²) >= 11 is 0. The van der Waals surface area contributed by atoms with E-state index in [-0.39, 0.29) is 5.41 Å². The van der Waals surface area contributed by atoms with Gasteiger partial charge in [-0.25, -0.2) is 0 Å². The van der Waals surface area contributed by atoms with Crippen LogP contribution in [0.15, 0.2) is 224 Å². The molecule has 1 nitrogen and oxygen atoms in total. The van der Waals surface area contributed by atoms with Gasteiger partial charge in [-0.2, -0.15) is 0 Å². The van der Waals surface area contributed by atoms with E-state index >= 15 is 0 Å². The van der Waals surface area contributed by atoms with Crippen molar-refractivity contribution in [1.82, 2.24) is 0 Å². The summed E-state index contributed by atoms with van der Waals surface area (Å²) in [6.45, 7) is 0. The summed E-state index contributed by atoms with van der Waals surface area (Å²) in [6, 6.07) is 82.2. The normalized spacial score (nSPS) is 12.8. The first kappa shape index (κ1) is 32.2. The second-order valence-electron chi connectivity index (χ2n) is 14.8. The molecule has 0 aromatic heterocycles. The number of nitrogens with zero attached hydrogens (tertiary/aromatic N) is 1. The van der Waals surface area contributed by atoms with Gasteiger partial charge in [-0.1, -0.05) is 194 Å². The summed E-state index contributed by atoms with van der Waals surface area (Å²) < 4.78 is 0. The molecule has 0 aliphatic heterocycles. The quantitative estimate of drug-likeness (QED) is 0.166. The Bertz CT molecular complexity index is 2780. The number of fused-ring (bicyclic) bond motifs is 10. The van der Waals surface area contributed by atoms with Gasteiger partial charge in [0.25, 0.3) is 0 Å². The number of benzene rings is 9. The molecule has 56 heavy (non-hydrogen) atoms. The fourth-order valence-corrected chi connectivity index (χ4v) is 9.55. The average molecular weight is 712 g/mol. The Hall–Kier alpha value is -7.22. The Morgan fingerprint density at radius 3 is 1.12 bits per heavy atom. The van der Waals surface area contributed by atoms with Crippen LogP contribution in [0, 0.1) is 0 Å². The molecule has 11 rings (SSSR count). The molecule has 1 heteroatoms. The molecule has 0 saturated carbocycles. The summed E-state index contributed by atoms with van der Waals surface area (Å²) in [4.78, 5) is 2.42. The van der Waals surface area contributed by atoms with Crippen LogP contribution in [-0.2, 0) is 5.41 Å². The highest BCUT2D eigenvalue weighted by molar-refractivity contribution is 5.97. The van der Waals surface area contributed by atoms with E-state index in [0.717, 1.165) is 17.1 Å². The Morgan fingerprint density at radius 1 is 0.250 bits per heavy atom. The van der Waals surface area contributed by atoms with Crippen molar-refractivity contribution in [1.29, 1.82) is 0 Å². The van der Waals surface area contributed by atoms with Gasteiger partial charge in [-0.3, -0.25) is 0 Å². The molecule has 0 unspecified atom stereocenters. The van der Waals surface area contributed by atoms with Crippen molar-refractivity contribution in [2.24, 2.45) is 0 Å². The molecule has 9 aromatic carbocycles. The average Bonchev–Trinajstić information content (AvgIpc) is 3.75. The molecule has 262 valence electrons. The predicted molar refractivity (Wildman–Crippen MR) is 234 cm³/mol. The molecule has 2 aliphatic carbocycles. The van der Waals surface area contributed by atoms with E-state index in [1.165, 1.54) is 77.9 Å². The van der Waals surface area contributed by atoms with Gasteiger partial charge in [0, 0.05) is 16.8 Å². The van der Waals surface area contributed by atoms with E-state index in [0.29, 0.717) is 0 Å². The first-order valence-electron chi connectivity index (χ1n) is 19.4. The third-order valence-electron chi connectivity index (χ3n) is 11.9. The summed E-state index contributed by atoms with van der Waals surface area (Å²) in [5.41, 5.74) is 20.9. The Balaban J connectivity index is 1.06. The number of anilines is 3. The maximum atomic E-state index is 2.43. The van der Waals surface area contributed by atoms with E-state index in [4.69, 9.17) is 0 Å². The van der Waals surface area contributed by atoms with Crippen LogP contribution >= 0.6 is 0 Å². The zero-order valence-electron chi connectivity index (χ0n) is 30.8. The van der Waals surface area contributed by atoms with Crippen LogP contribution in [0.5, 0.6) is 0 Å². The Morgan fingerprint density at radius 2 is 0.625 bits per heavy atom. The zero-order valence-corrected chi connectivity index (χ0v) is 30.8. The number of hydrogen-bond donors (Lipinski definition) is 0. The SMILES string of the molecule is c1ccc(-c2ccccc2N(c2ccc(-c3ccc4c(c3)-c3ccccc3C43c4ccccc4-c4ccccc43)cc2)c2ccccc2-c2ccccc2)cc1. The molecular formula is C55H37N. The van der Waals surface area contributed by atoms with E-state index < -0.39 is 0 Å².